The number of sulfonamides is 1. The Balaban J connectivity index is 1.66. The molecule has 5 nitrogen and oxygen atoms in total. The predicted molar refractivity (Wildman–Crippen MR) is 76.2 cm³/mol. The number of ether oxygens (including phenoxy) is 1. The van der Waals surface area contributed by atoms with Gasteiger partial charge in [-0.05, 0) is 31.1 Å². The van der Waals surface area contributed by atoms with Crippen LogP contribution in [-0.2, 0) is 14.8 Å². The molecule has 1 aliphatic carbocycles. The number of rotatable bonds is 2. The minimum Gasteiger partial charge on any atom is -0.390 e. The van der Waals surface area contributed by atoms with Crippen molar-refractivity contribution in [1.29, 1.82) is 0 Å². The number of aliphatic hydroxyl groups is 1. The van der Waals surface area contributed by atoms with Gasteiger partial charge >= 0.3 is 0 Å². The minimum absolute atomic E-state index is 0.0861. The third-order valence-corrected chi connectivity index (χ3v) is 6.45. The van der Waals surface area contributed by atoms with Crippen molar-refractivity contribution >= 4 is 10.0 Å². The zero-order valence-corrected chi connectivity index (χ0v) is 12.5. The Morgan fingerprint density at radius 3 is 2.71 bits per heavy atom. The van der Waals surface area contributed by atoms with E-state index in [1.807, 2.05) is 13.0 Å². The Morgan fingerprint density at radius 2 is 2.00 bits per heavy atom. The molecular formula is C15H17NO4S. The first kappa shape index (κ1) is 13.5. The van der Waals surface area contributed by atoms with Gasteiger partial charge in [0.1, 0.15) is 12.2 Å². The molecule has 112 valence electrons. The van der Waals surface area contributed by atoms with Crippen molar-refractivity contribution in [2.75, 3.05) is 6.54 Å². The van der Waals surface area contributed by atoms with Crippen LogP contribution in [0.5, 0.6) is 0 Å². The fourth-order valence-corrected chi connectivity index (χ4v) is 4.91. The van der Waals surface area contributed by atoms with Crippen LogP contribution in [0.2, 0.25) is 0 Å². The van der Waals surface area contributed by atoms with Gasteiger partial charge in [0.15, 0.2) is 0 Å². The average molecular weight is 307 g/mol. The molecule has 6 heteroatoms. The predicted octanol–water partition coefficient (Wildman–Crippen LogP) is 0.826. The minimum atomic E-state index is -3.54. The number of benzene rings is 1. The molecule has 3 aliphatic rings. The van der Waals surface area contributed by atoms with Gasteiger partial charge in [0, 0.05) is 6.54 Å². The van der Waals surface area contributed by atoms with E-state index in [1.54, 1.807) is 24.3 Å². The number of fused-ring (bicyclic) bond motifs is 3. The molecule has 2 heterocycles. The molecule has 1 saturated heterocycles. The van der Waals surface area contributed by atoms with Crippen molar-refractivity contribution in [3.05, 3.63) is 41.5 Å². The van der Waals surface area contributed by atoms with Crippen LogP contribution < -0.4 is 0 Å². The summed E-state index contributed by atoms with van der Waals surface area (Å²) in [5.74, 6) is 0. The first-order valence-corrected chi connectivity index (χ1v) is 8.54. The lowest BCUT2D eigenvalue weighted by Gasteiger charge is -2.30. The van der Waals surface area contributed by atoms with Crippen LogP contribution in [0.4, 0.5) is 0 Å². The molecule has 1 N–H and O–H groups in total. The Hall–Kier alpha value is -1.21. The van der Waals surface area contributed by atoms with Crippen LogP contribution >= 0.6 is 0 Å². The second kappa shape index (κ2) is 4.39. The normalized spacial score (nSPS) is 35.0. The molecular weight excluding hydrogens is 290 g/mol. The maximum absolute atomic E-state index is 12.8. The van der Waals surface area contributed by atoms with Gasteiger partial charge in [-0.25, -0.2) is 8.42 Å². The summed E-state index contributed by atoms with van der Waals surface area (Å²) in [7, 11) is -3.54. The fraction of sp³-hybridized carbons (Fsp3) is 0.467. The number of hydrogen-bond acceptors (Lipinski definition) is 4. The van der Waals surface area contributed by atoms with Crippen molar-refractivity contribution in [3.8, 4) is 0 Å². The van der Waals surface area contributed by atoms with Gasteiger partial charge in [0.2, 0.25) is 10.0 Å². The van der Waals surface area contributed by atoms with E-state index in [1.165, 1.54) is 4.31 Å². The topological polar surface area (TPSA) is 70.1 Å². The van der Waals surface area contributed by atoms with E-state index in [9.17, 15) is 13.5 Å². The molecule has 4 atom stereocenters. The monoisotopic (exact) mass is 307 g/mol. The molecule has 1 saturated carbocycles. The second-order valence-corrected chi connectivity index (χ2v) is 7.82. The molecule has 0 bridgehead atoms. The van der Waals surface area contributed by atoms with E-state index in [2.05, 4.69) is 0 Å². The van der Waals surface area contributed by atoms with Crippen molar-refractivity contribution < 1.29 is 18.3 Å². The maximum Gasteiger partial charge on any atom is 0.243 e. The highest BCUT2D eigenvalue weighted by Crippen LogP contribution is 2.45. The number of nitrogens with zero attached hydrogens (tertiary/aromatic N) is 1. The number of epoxide rings is 1. The van der Waals surface area contributed by atoms with Crippen LogP contribution in [0, 0.1) is 6.92 Å². The molecule has 21 heavy (non-hydrogen) atoms. The molecule has 0 radical (unpaired) electrons. The second-order valence-electron chi connectivity index (χ2n) is 5.93. The molecule has 2 aliphatic heterocycles. The third-order valence-electron chi connectivity index (χ3n) is 4.56. The molecule has 2 fully saturated rings. The summed E-state index contributed by atoms with van der Waals surface area (Å²) in [4.78, 5) is 0.302. The van der Waals surface area contributed by atoms with Gasteiger partial charge in [0.25, 0.3) is 0 Å². The molecule has 0 amide bonds. The van der Waals surface area contributed by atoms with E-state index < -0.39 is 16.1 Å². The van der Waals surface area contributed by atoms with Crippen LogP contribution in [0.25, 0.3) is 0 Å². The average Bonchev–Trinajstić information content (AvgIpc) is 3.14. The van der Waals surface area contributed by atoms with Gasteiger partial charge in [-0.1, -0.05) is 23.8 Å². The molecule has 1 aromatic carbocycles. The summed E-state index contributed by atoms with van der Waals surface area (Å²) < 4.78 is 32.5. The van der Waals surface area contributed by atoms with Crippen LogP contribution in [0.1, 0.15) is 12.0 Å². The highest BCUT2D eigenvalue weighted by Gasteiger charge is 2.57. The first-order chi connectivity index (χ1) is 9.98. The van der Waals surface area contributed by atoms with Crippen molar-refractivity contribution in [3.63, 3.8) is 0 Å². The van der Waals surface area contributed by atoms with E-state index in [-0.39, 0.29) is 18.2 Å². The van der Waals surface area contributed by atoms with Crippen molar-refractivity contribution in [2.45, 2.75) is 42.6 Å². The molecule has 1 aromatic rings. The van der Waals surface area contributed by atoms with Gasteiger partial charge < -0.3 is 9.84 Å². The number of hydrogen-bond donors (Lipinski definition) is 1. The van der Waals surface area contributed by atoms with Gasteiger partial charge in [-0.2, -0.15) is 4.31 Å². The van der Waals surface area contributed by atoms with Crippen LogP contribution in [0.3, 0.4) is 0 Å². The molecule has 0 unspecified atom stereocenters. The highest BCUT2D eigenvalue weighted by atomic mass is 32.2. The van der Waals surface area contributed by atoms with Crippen LogP contribution in [0.15, 0.2) is 40.8 Å². The standard InChI is InChI=1S/C15H17NO4S/c1-9-2-4-10(5-3-9)21(18,19)16-7-6-11-12(16)8-13(17)15-14(11)20-15/h2-6,12-15,17H,7-8H2,1H3/t12-,13-,14+,15-/m0/s1. The molecule has 0 spiro atoms. The zero-order valence-electron chi connectivity index (χ0n) is 11.6. The summed E-state index contributed by atoms with van der Waals surface area (Å²) >= 11 is 0. The Kier molecular flexibility index (Phi) is 2.81. The summed E-state index contributed by atoms with van der Waals surface area (Å²) in [6.07, 6.45) is 1.56. The first-order valence-electron chi connectivity index (χ1n) is 7.10. The SMILES string of the molecule is Cc1ccc(S(=O)(=O)N2CC=C3[C@H]4O[C@H]4[C@@H](O)C[C@@H]32)cc1. The number of aliphatic hydroxyl groups excluding tert-OH is 1. The number of aryl methyl sites for hydroxylation is 1. The van der Waals surface area contributed by atoms with Gasteiger partial charge in [0.05, 0.1) is 17.0 Å². The Labute approximate surface area is 123 Å². The maximum atomic E-state index is 12.8. The van der Waals surface area contributed by atoms with E-state index in [0.717, 1.165) is 11.1 Å². The van der Waals surface area contributed by atoms with Crippen LogP contribution in [-0.4, -0.2) is 48.7 Å². The van der Waals surface area contributed by atoms with E-state index >= 15 is 0 Å². The lowest BCUT2D eigenvalue weighted by molar-refractivity contribution is 0.111. The lowest BCUT2D eigenvalue weighted by atomic mass is 9.90. The largest absolute Gasteiger partial charge is 0.390 e. The Morgan fingerprint density at radius 1 is 1.29 bits per heavy atom. The van der Waals surface area contributed by atoms with Crippen molar-refractivity contribution in [2.24, 2.45) is 0 Å². The Bertz CT molecular complexity index is 710. The smallest absolute Gasteiger partial charge is 0.243 e. The molecule has 0 aromatic heterocycles. The fourth-order valence-electron chi connectivity index (χ4n) is 3.34. The molecule has 4 rings (SSSR count). The zero-order chi connectivity index (χ0) is 14.8. The van der Waals surface area contributed by atoms with E-state index in [0.29, 0.717) is 17.9 Å². The highest BCUT2D eigenvalue weighted by molar-refractivity contribution is 7.89. The summed E-state index contributed by atoms with van der Waals surface area (Å²) in [5, 5.41) is 9.98. The third kappa shape index (κ3) is 1.97. The van der Waals surface area contributed by atoms with Crippen molar-refractivity contribution in [1.82, 2.24) is 4.31 Å². The lowest BCUT2D eigenvalue weighted by Crippen LogP contribution is -2.43. The quantitative estimate of drug-likeness (QED) is 0.649. The van der Waals surface area contributed by atoms with Gasteiger partial charge in [-0.3, -0.25) is 0 Å². The summed E-state index contributed by atoms with van der Waals surface area (Å²) in [5.41, 5.74) is 2.04. The summed E-state index contributed by atoms with van der Waals surface area (Å²) in [6, 6.07) is 6.60. The van der Waals surface area contributed by atoms with Gasteiger partial charge in [-0.15, -0.1) is 0 Å². The summed E-state index contributed by atoms with van der Waals surface area (Å²) in [6.45, 7) is 2.28. The van der Waals surface area contributed by atoms with E-state index in [4.69, 9.17) is 4.74 Å².